The van der Waals surface area contributed by atoms with Crippen LogP contribution in [0.5, 0.6) is 0 Å². The average Bonchev–Trinajstić information content (AvgIpc) is 2.88. The van der Waals surface area contributed by atoms with Crippen molar-refractivity contribution < 1.29 is 18.0 Å². The van der Waals surface area contributed by atoms with Crippen molar-refractivity contribution in [1.82, 2.24) is 10.2 Å². The number of carbonyl (C=O) groups excluding carboxylic acids is 2. The number of benzene rings is 2. The smallest absolute Gasteiger partial charge is 0.242 e. The SMILES string of the molecule is Cc1cccc(N(CCCC(=O)N(Cc2c(Cl)cccc2Cl)[C@H](C)C(=O)NC2CCCCC2)S(C)(=O)=O)c1C. The summed E-state index contributed by atoms with van der Waals surface area (Å²) in [6.45, 7) is 5.73. The van der Waals surface area contributed by atoms with Crippen LogP contribution >= 0.6 is 23.2 Å². The molecule has 0 spiro atoms. The first-order valence-electron chi connectivity index (χ1n) is 13.5. The van der Waals surface area contributed by atoms with Crippen LogP contribution in [0.2, 0.25) is 10.0 Å². The lowest BCUT2D eigenvalue weighted by molar-refractivity contribution is -0.141. The first-order chi connectivity index (χ1) is 18.4. The standard InChI is InChI=1S/C29H39Cl2N3O4S/c1-20-11-8-16-27(21(20)2)34(39(4,37)38)18-10-17-28(35)33(19-24-25(30)14-9-15-26(24)31)22(3)29(36)32-23-12-6-5-7-13-23/h8-9,11,14-16,22-23H,5-7,10,12-13,17-19H2,1-4H3,(H,32,36)/t22-/m1/s1. The van der Waals surface area contributed by atoms with E-state index in [2.05, 4.69) is 5.32 Å². The van der Waals surface area contributed by atoms with E-state index in [9.17, 15) is 18.0 Å². The molecule has 0 aromatic heterocycles. The van der Waals surface area contributed by atoms with Crippen LogP contribution in [0.15, 0.2) is 36.4 Å². The number of sulfonamides is 1. The summed E-state index contributed by atoms with van der Waals surface area (Å²) in [5, 5.41) is 3.94. The molecule has 3 rings (SSSR count). The molecule has 1 N–H and O–H groups in total. The fourth-order valence-corrected chi connectivity index (χ4v) is 6.53. The first kappa shape index (κ1) is 31.2. The Bertz CT molecular complexity index is 1260. The van der Waals surface area contributed by atoms with Crippen LogP contribution < -0.4 is 9.62 Å². The molecule has 0 heterocycles. The van der Waals surface area contributed by atoms with Crippen molar-refractivity contribution >= 4 is 50.7 Å². The van der Waals surface area contributed by atoms with Crippen molar-refractivity contribution in [2.45, 2.75) is 84.3 Å². The van der Waals surface area contributed by atoms with Gasteiger partial charge in [-0.3, -0.25) is 13.9 Å². The summed E-state index contributed by atoms with van der Waals surface area (Å²) in [5.74, 6) is -0.488. The van der Waals surface area contributed by atoms with Gasteiger partial charge in [-0.05, 0) is 69.4 Å². The summed E-state index contributed by atoms with van der Waals surface area (Å²) in [6.07, 6.45) is 6.70. The molecule has 0 aliphatic heterocycles. The Hall–Kier alpha value is -2.29. The second-order valence-electron chi connectivity index (χ2n) is 10.4. The molecule has 2 aromatic carbocycles. The monoisotopic (exact) mass is 595 g/mol. The van der Waals surface area contributed by atoms with Crippen LogP contribution in [0.3, 0.4) is 0 Å². The molecule has 0 unspecified atom stereocenters. The molecule has 0 bridgehead atoms. The maximum Gasteiger partial charge on any atom is 0.242 e. The third kappa shape index (κ3) is 8.35. The molecule has 0 radical (unpaired) electrons. The number of nitrogens with zero attached hydrogens (tertiary/aromatic N) is 2. The van der Waals surface area contributed by atoms with Gasteiger partial charge in [-0.25, -0.2) is 8.42 Å². The van der Waals surface area contributed by atoms with E-state index in [1.54, 1.807) is 31.2 Å². The van der Waals surface area contributed by atoms with E-state index in [1.165, 1.54) is 21.9 Å². The van der Waals surface area contributed by atoms with Gasteiger partial charge in [-0.15, -0.1) is 0 Å². The van der Waals surface area contributed by atoms with Gasteiger partial charge in [0.2, 0.25) is 21.8 Å². The molecule has 2 amide bonds. The fraction of sp³-hybridized carbons (Fsp3) is 0.517. The van der Waals surface area contributed by atoms with Crippen LogP contribution in [-0.2, 0) is 26.2 Å². The molecule has 7 nitrogen and oxygen atoms in total. The number of hydrogen-bond acceptors (Lipinski definition) is 4. The Kier molecular flexibility index (Phi) is 11.1. The molecule has 1 aliphatic carbocycles. The van der Waals surface area contributed by atoms with Gasteiger partial charge in [0.15, 0.2) is 0 Å². The zero-order valence-corrected chi connectivity index (χ0v) is 25.5. The lowest BCUT2D eigenvalue weighted by atomic mass is 9.95. The van der Waals surface area contributed by atoms with Gasteiger partial charge in [0.1, 0.15) is 6.04 Å². The predicted molar refractivity (Wildman–Crippen MR) is 159 cm³/mol. The summed E-state index contributed by atoms with van der Waals surface area (Å²) >= 11 is 12.8. The van der Waals surface area contributed by atoms with Crippen LogP contribution in [0.25, 0.3) is 0 Å². The van der Waals surface area contributed by atoms with Gasteiger partial charge in [0.05, 0.1) is 11.9 Å². The van der Waals surface area contributed by atoms with Crippen LogP contribution in [0.4, 0.5) is 5.69 Å². The van der Waals surface area contributed by atoms with Gasteiger partial charge in [-0.1, -0.05) is 60.7 Å². The summed E-state index contributed by atoms with van der Waals surface area (Å²) < 4.78 is 26.7. The summed E-state index contributed by atoms with van der Waals surface area (Å²) in [7, 11) is -3.57. The topological polar surface area (TPSA) is 86.8 Å². The van der Waals surface area contributed by atoms with Crippen LogP contribution in [-0.4, -0.2) is 50.0 Å². The Morgan fingerprint density at radius 1 is 1.03 bits per heavy atom. The number of amides is 2. The van der Waals surface area contributed by atoms with E-state index in [-0.39, 0.29) is 43.8 Å². The number of aryl methyl sites for hydroxylation is 1. The quantitative estimate of drug-likeness (QED) is 0.344. The molecule has 214 valence electrons. The van der Waals surface area contributed by atoms with Gasteiger partial charge >= 0.3 is 0 Å². The largest absolute Gasteiger partial charge is 0.352 e. The third-order valence-corrected chi connectivity index (χ3v) is 9.39. The van der Waals surface area contributed by atoms with E-state index >= 15 is 0 Å². The average molecular weight is 597 g/mol. The van der Waals surface area contributed by atoms with Gasteiger partial charge in [0.25, 0.3) is 0 Å². The van der Waals surface area contributed by atoms with Crippen molar-refractivity contribution in [2.75, 3.05) is 17.1 Å². The first-order valence-corrected chi connectivity index (χ1v) is 16.1. The molecule has 1 atom stereocenters. The van der Waals surface area contributed by atoms with Crippen molar-refractivity contribution in [3.05, 3.63) is 63.1 Å². The van der Waals surface area contributed by atoms with Gasteiger partial charge < -0.3 is 10.2 Å². The van der Waals surface area contributed by atoms with Crippen molar-refractivity contribution in [2.24, 2.45) is 0 Å². The highest BCUT2D eigenvalue weighted by Crippen LogP contribution is 2.28. The number of hydrogen-bond donors (Lipinski definition) is 1. The molecule has 1 saturated carbocycles. The second-order valence-corrected chi connectivity index (χ2v) is 13.1. The molecule has 10 heteroatoms. The summed E-state index contributed by atoms with van der Waals surface area (Å²) in [6, 6.07) is 10.0. The van der Waals surface area contributed by atoms with Crippen molar-refractivity contribution in [3.8, 4) is 0 Å². The fourth-order valence-electron chi connectivity index (χ4n) is 4.99. The summed E-state index contributed by atoms with van der Waals surface area (Å²) in [5.41, 5.74) is 3.03. The lowest BCUT2D eigenvalue weighted by Gasteiger charge is -2.32. The van der Waals surface area contributed by atoms with Gasteiger partial charge in [0, 0.05) is 41.2 Å². The highest BCUT2D eigenvalue weighted by molar-refractivity contribution is 7.92. The highest BCUT2D eigenvalue weighted by atomic mass is 35.5. The number of nitrogens with one attached hydrogen (secondary N) is 1. The minimum Gasteiger partial charge on any atom is -0.352 e. The van der Waals surface area contributed by atoms with E-state index in [4.69, 9.17) is 23.2 Å². The predicted octanol–water partition coefficient (Wildman–Crippen LogP) is 6.02. The number of rotatable bonds is 11. The number of anilines is 1. The Labute approximate surface area is 242 Å². The van der Waals surface area contributed by atoms with E-state index < -0.39 is 16.1 Å². The molecule has 1 fully saturated rings. The molecule has 2 aromatic rings. The van der Waals surface area contributed by atoms with E-state index in [0.29, 0.717) is 21.3 Å². The van der Waals surface area contributed by atoms with E-state index in [1.807, 2.05) is 26.0 Å². The number of halogens is 2. The molecular formula is C29H39Cl2N3O4S. The van der Waals surface area contributed by atoms with Crippen molar-refractivity contribution in [3.63, 3.8) is 0 Å². The minimum atomic E-state index is -3.57. The Morgan fingerprint density at radius 2 is 1.64 bits per heavy atom. The molecule has 0 saturated heterocycles. The maximum atomic E-state index is 13.6. The zero-order chi connectivity index (χ0) is 28.7. The molecule has 1 aliphatic rings. The maximum absolute atomic E-state index is 13.6. The summed E-state index contributed by atoms with van der Waals surface area (Å²) in [4.78, 5) is 28.3. The van der Waals surface area contributed by atoms with Gasteiger partial charge in [-0.2, -0.15) is 0 Å². The minimum absolute atomic E-state index is 0.0556. The van der Waals surface area contributed by atoms with Crippen molar-refractivity contribution in [1.29, 1.82) is 0 Å². The molecule has 39 heavy (non-hydrogen) atoms. The lowest BCUT2D eigenvalue weighted by Crippen LogP contribution is -2.50. The number of carbonyl (C=O) groups is 2. The van der Waals surface area contributed by atoms with E-state index in [0.717, 1.165) is 36.8 Å². The Balaban J connectivity index is 1.78. The second kappa shape index (κ2) is 13.9. The zero-order valence-electron chi connectivity index (χ0n) is 23.2. The highest BCUT2D eigenvalue weighted by Gasteiger charge is 2.29. The normalized spacial score (nSPS) is 15.0. The van der Waals surface area contributed by atoms with Crippen LogP contribution in [0, 0.1) is 13.8 Å². The van der Waals surface area contributed by atoms with Crippen LogP contribution in [0.1, 0.15) is 68.6 Å². The third-order valence-electron chi connectivity index (χ3n) is 7.51. The molecular weight excluding hydrogens is 557 g/mol. The Morgan fingerprint density at radius 3 is 2.26 bits per heavy atom.